The van der Waals surface area contributed by atoms with Crippen molar-refractivity contribution in [3.8, 4) is 17.3 Å². The van der Waals surface area contributed by atoms with E-state index in [4.69, 9.17) is 16.2 Å². The highest BCUT2D eigenvalue weighted by Gasteiger charge is 2.12. The Morgan fingerprint density at radius 1 is 1.18 bits per heavy atom. The number of aromatic nitrogens is 2. The molecule has 0 aliphatic heterocycles. The second-order valence-electron chi connectivity index (χ2n) is 3.49. The van der Waals surface area contributed by atoms with E-state index in [1.54, 1.807) is 0 Å². The Morgan fingerprint density at radius 2 is 1.88 bits per heavy atom. The van der Waals surface area contributed by atoms with Crippen molar-refractivity contribution in [3.63, 3.8) is 0 Å². The van der Waals surface area contributed by atoms with Gasteiger partial charge in [-0.15, -0.1) is 0 Å². The number of nitrogens with two attached hydrogens (primary N) is 2. The van der Waals surface area contributed by atoms with Crippen molar-refractivity contribution < 1.29 is 4.74 Å². The molecule has 0 radical (unpaired) electrons. The fraction of sp³-hybridized carbons (Fsp3) is 0.167. The first-order valence-corrected chi connectivity index (χ1v) is 5.22. The molecule has 0 aliphatic carbocycles. The molecule has 0 bridgehead atoms. The van der Waals surface area contributed by atoms with Crippen LogP contribution in [-0.2, 0) is 6.54 Å². The average molecular weight is 230 g/mol. The molecular formula is C12H14N4O. The summed E-state index contributed by atoms with van der Waals surface area (Å²) in [6, 6.07) is 9.94. The average Bonchev–Trinajstić information content (AvgIpc) is 2.38. The number of hydrogen-bond donors (Lipinski definition) is 2. The Bertz CT molecular complexity index is 513. The summed E-state index contributed by atoms with van der Waals surface area (Å²) in [5.41, 5.74) is 13.9. The molecule has 4 N–H and O–H groups in total. The van der Waals surface area contributed by atoms with Crippen LogP contribution in [0.1, 0.15) is 5.56 Å². The van der Waals surface area contributed by atoms with Gasteiger partial charge in [0, 0.05) is 17.7 Å². The van der Waals surface area contributed by atoms with Gasteiger partial charge in [0.05, 0.1) is 12.8 Å². The molecule has 0 saturated heterocycles. The van der Waals surface area contributed by atoms with Crippen LogP contribution in [0.2, 0.25) is 0 Å². The summed E-state index contributed by atoms with van der Waals surface area (Å²) in [5, 5.41) is 0. The van der Waals surface area contributed by atoms with Gasteiger partial charge in [0.2, 0.25) is 0 Å². The van der Waals surface area contributed by atoms with Gasteiger partial charge in [-0.3, -0.25) is 0 Å². The summed E-state index contributed by atoms with van der Waals surface area (Å²) >= 11 is 0. The summed E-state index contributed by atoms with van der Waals surface area (Å²) < 4.78 is 5.01. The molecule has 88 valence electrons. The van der Waals surface area contributed by atoms with Gasteiger partial charge in [-0.05, 0) is 0 Å². The first kappa shape index (κ1) is 11.3. The standard InChI is InChI=1S/C12H14N4O/c1-17-12-15-10(8-5-3-2-4-6-8)9(7-13)11(14)16-12/h2-6H,7,13H2,1H3,(H2,14,15,16). The molecule has 0 aliphatic rings. The highest BCUT2D eigenvalue weighted by Crippen LogP contribution is 2.26. The van der Waals surface area contributed by atoms with Crippen molar-refractivity contribution in [2.75, 3.05) is 12.8 Å². The van der Waals surface area contributed by atoms with Crippen LogP contribution in [0.25, 0.3) is 11.3 Å². The van der Waals surface area contributed by atoms with Crippen LogP contribution in [0.4, 0.5) is 5.82 Å². The molecule has 0 unspecified atom stereocenters. The van der Waals surface area contributed by atoms with E-state index in [0.29, 0.717) is 12.4 Å². The lowest BCUT2D eigenvalue weighted by atomic mass is 10.1. The zero-order valence-corrected chi connectivity index (χ0v) is 9.55. The van der Waals surface area contributed by atoms with E-state index in [1.807, 2.05) is 30.3 Å². The Labute approximate surface area is 99.5 Å². The van der Waals surface area contributed by atoms with Gasteiger partial charge in [-0.2, -0.15) is 9.97 Å². The number of nitrogen functional groups attached to an aromatic ring is 1. The van der Waals surface area contributed by atoms with E-state index in [-0.39, 0.29) is 6.01 Å². The molecule has 0 fully saturated rings. The zero-order chi connectivity index (χ0) is 12.3. The Hall–Kier alpha value is -2.14. The quantitative estimate of drug-likeness (QED) is 0.827. The van der Waals surface area contributed by atoms with E-state index in [2.05, 4.69) is 9.97 Å². The molecule has 0 atom stereocenters. The molecular weight excluding hydrogens is 216 g/mol. The van der Waals surface area contributed by atoms with Crippen LogP contribution in [0.5, 0.6) is 6.01 Å². The van der Waals surface area contributed by atoms with Gasteiger partial charge in [0.15, 0.2) is 0 Å². The lowest BCUT2D eigenvalue weighted by Gasteiger charge is -2.10. The maximum absolute atomic E-state index is 5.83. The summed E-state index contributed by atoms with van der Waals surface area (Å²) in [4.78, 5) is 8.31. The summed E-state index contributed by atoms with van der Waals surface area (Å²) in [7, 11) is 1.51. The van der Waals surface area contributed by atoms with Crippen LogP contribution < -0.4 is 16.2 Å². The zero-order valence-electron chi connectivity index (χ0n) is 9.55. The molecule has 0 spiro atoms. The molecule has 1 heterocycles. The molecule has 5 heteroatoms. The molecule has 2 aromatic rings. The van der Waals surface area contributed by atoms with Crippen molar-refractivity contribution in [1.82, 2.24) is 9.97 Å². The van der Waals surface area contributed by atoms with E-state index in [0.717, 1.165) is 16.8 Å². The van der Waals surface area contributed by atoms with Crippen LogP contribution in [0, 0.1) is 0 Å². The van der Waals surface area contributed by atoms with Crippen molar-refractivity contribution >= 4 is 5.82 Å². The maximum Gasteiger partial charge on any atom is 0.318 e. The monoisotopic (exact) mass is 230 g/mol. The fourth-order valence-electron chi connectivity index (χ4n) is 1.61. The molecule has 1 aromatic carbocycles. The highest BCUT2D eigenvalue weighted by atomic mass is 16.5. The van der Waals surface area contributed by atoms with Gasteiger partial charge in [-0.1, -0.05) is 30.3 Å². The fourth-order valence-corrected chi connectivity index (χ4v) is 1.61. The molecule has 0 saturated carbocycles. The number of ether oxygens (including phenoxy) is 1. The molecule has 17 heavy (non-hydrogen) atoms. The SMILES string of the molecule is COc1nc(N)c(CN)c(-c2ccccc2)n1. The lowest BCUT2D eigenvalue weighted by molar-refractivity contribution is 0.381. The third kappa shape index (κ3) is 2.19. The van der Waals surface area contributed by atoms with Crippen LogP contribution in [-0.4, -0.2) is 17.1 Å². The summed E-state index contributed by atoms with van der Waals surface area (Å²) in [6.07, 6.45) is 0. The van der Waals surface area contributed by atoms with Gasteiger partial charge in [0.1, 0.15) is 5.82 Å². The predicted molar refractivity (Wildman–Crippen MR) is 66.3 cm³/mol. The topological polar surface area (TPSA) is 87.0 Å². The predicted octanol–water partition coefficient (Wildman–Crippen LogP) is 1.19. The lowest BCUT2D eigenvalue weighted by Crippen LogP contribution is -2.09. The van der Waals surface area contributed by atoms with Gasteiger partial charge in [-0.25, -0.2) is 0 Å². The minimum absolute atomic E-state index is 0.249. The Morgan fingerprint density at radius 3 is 2.47 bits per heavy atom. The Kier molecular flexibility index (Phi) is 3.20. The smallest absolute Gasteiger partial charge is 0.318 e. The number of rotatable bonds is 3. The van der Waals surface area contributed by atoms with E-state index < -0.39 is 0 Å². The minimum atomic E-state index is 0.249. The van der Waals surface area contributed by atoms with E-state index in [1.165, 1.54) is 7.11 Å². The van der Waals surface area contributed by atoms with Crippen molar-refractivity contribution in [3.05, 3.63) is 35.9 Å². The number of nitrogens with zero attached hydrogens (tertiary/aromatic N) is 2. The first-order valence-electron chi connectivity index (χ1n) is 5.22. The summed E-state index contributed by atoms with van der Waals surface area (Å²) in [5.74, 6) is 0.359. The largest absolute Gasteiger partial charge is 0.467 e. The van der Waals surface area contributed by atoms with E-state index >= 15 is 0 Å². The first-order chi connectivity index (χ1) is 8.26. The molecule has 1 aromatic heterocycles. The molecule has 2 rings (SSSR count). The van der Waals surface area contributed by atoms with Gasteiger partial charge in [0.25, 0.3) is 0 Å². The van der Waals surface area contributed by atoms with E-state index in [9.17, 15) is 0 Å². The van der Waals surface area contributed by atoms with Crippen LogP contribution in [0.3, 0.4) is 0 Å². The number of benzene rings is 1. The summed E-state index contributed by atoms with van der Waals surface area (Å²) in [6.45, 7) is 0.292. The second kappa shape index (κ2) is 4.80. The number of hydrogen-bond acceptors (Lipinski definition) is 5. The highest BCUT2D eigenvalue weighted by molar-refractivity contribution is 5.67. The molecule has 0 amide bonds. The number of anilines is 1. The second-order valence-corrected chi connectivity index (χ2v) is 3.49. The number of methoxy groups -OCH3 is 1. The normalized spacial score (nSPS) is 10.2. The van der Waals surface area contributed by atoms with Crippen LogP contribution >= 0.6 is 0 Å². The third-order valence-corrected chi connectivity index (χ3v) is 2.45. The van der Waals surface area contributed by atoms with Crippen molar-refractivity contribution in [2.24, 2.45) is 5.73 Å². The van der Waals surface area contributed by atoms with Crippen molar-refractivity contribution in [1.29, 1.82) is 0 Å². The minimum Gasteiger partial charge on any atom is -0.467 e. The maximum atomic E-state index is 5.83. The van der Waals surface area contributed by atoms with Gasteiger partial charge < -0.3 is 16.2 Å². The molecule has 5 nitrogen and oxygen atoms in total. The van der Waals surface area contributed by atoms with Gasteiger partial charge >= 0.3 is 6.01 Å². The Balaban J connectivity index is 2.62. The van der Waals surface area contributed by atoms with Crippen LogP contribution in [0.15, 0.2) is 30.3 Å². The third-order valence-electron chi connectivity index (χ3n) is 2.45. The van der Waals surface area contributed by atoms with Crippen molar-refractivity contribution in [2.45, 2.75) is 6.54 Å².